The number of nitrogens with one attached hydrogen (secondary N) is 2. The maximum Gasteiger partial charge on any atom is 0.229 e. The van der Waals surface area contributed by atoms with Gasteiger partial charge in [0.15, 0.2) is 5.70 Å². The fourth-order valence-electron chi connectivity index (χ4n) is 3.61. The number of nitrogens with zero attached hydrogens (tertiary/aromatic N) is 5. The summed E-state index contributed by atoms with van der Waals surface area (Å²) in [6, 6.07) is 15.1. The maximum atomic E-state index is 9.06. The van der Waals surface area contributed by atoms with Gasteiger partial charge in [0, 0.05) is 30.1 Å². The second-order valence-corrected chi connectivity index (χ2v) is 8.02. The van der Waals surface area contributed by atoms with Gasteiger partial charge in [-0.05, 0) is 86.0 Å². The molecule has 0 unspecified atom stereocenters. The first kappa shape index (κ1) is 25.6. The summed E-state index contributed by atoms with van der Waals surface area (Å²) in [6.07, 6.45) is 4.95. The Kier molecular flexibility index (Phi) is 8.51. The van der Waals surface area contributed by atoms with Gasteiger partial charge in [-0.1, -0.05) is 0 Å². The smallest absolute Gasteiger partial charge is 0.229 e. The topological polar surface area (TPSA) is 111 Å². The molecule has 0 aliphatic heterocycles. The molecule has 0 atom stereocenters. The van der Waals surface area contributed by atoms with Crippen molar-refractivity contribution in [3.05, 3.63) is 93.1 Å². The Bertz CT molecular complexity index is 1430. The Morgan fingerprint density at radius 1 is 1.11 bits per heavy atom. The number of benzene rings is 2. The van der Waals surface area contributed by atoms with Crippen LogP contribution in [0.3, 0.4) is 0 Å². The van der Waals surface area contributed by atoms with Crippen LogP contribution in [0, 0.1) is 43.1 Å². The number of aromatic nitrogens is 2. The van der Waals surface area contributed by atoms with Crippen LogP contribution in [0.1, 0.15) is 40.4 Å². The third-order valence-electron chi connectivity index (χ3n) is 5.25. The fourth-order valence-corrected chi connectivity index (χ4v) is 3.61. The van der Waals surface area contributed by atoms with E-state index in [2.05, 4.69) is 26.5 Å². The van der Waals surface area contributed by atoms with Crippen molar-refractivity contribution in [3.8, 4) is 12.1 Å². The standard InChI is InChI=1S/C28H25N7O/c1-18-13-22(7-6-12-29)14-19(2)26(18)34-27-24(15-20(3)31-4)25(17-36-5)33-28(35-27)32-23-10-8-21(16-30)9-11-23/h6-11,13-15H,17H2,1-3,5H3,(H2,32,33,34,35)/b7-6+,20-15+. The summed E-state index contributed by atoms with van der Waals surface area (Å²) in [5, 5.41) is 24.5. The quantitative estimate of drug-likeness (QED) is 0.286. The zero-order chi connectivity index (χ0) is 26.1. The summed E-state index contributed by atoms with van der Waals surface area (Å²) >= 11 is 0. The van der Waals surface area contributed by atoms with Crippen LogP contribution in [0.15, 0.2) is 48.2 Å². The van der Waals surface area contributed by atoms with Gasteiger partial charge in [0.25, 0.3) is 0 Å². The highest BCUT2D eigenvalue weighted by molar-refractivity contribution is 5.76. The minimum Gasteiger partial charge on any atom is -0.378 e. The van der Waals surface area contributed by atoms with Crippen LogP contribution in [0.4, 0.5) is 23.1 Å². The number of hydrogen-bond donors (Lipinski definition) is 2. The van der Waals surface area contributed by atoms with Crippen LogP contribution in [0.2, 0.25) is 0 Å². The minimum absolute atomic E-state index is 0.215. The molecule has 2 aromatic carbocycles. The van der Waals surface area contributed by atoms with E-state index in [1.807, 2.05) is 32.0 Å². The third-order valence-corrected chi connectivity index (χ3v) is 5.25. The molecular formula is C28H25N7O. The van der Waals surface area contributed by atoms with E-state index in [0.29, 0.717) is 34.3 Å². The van der Waals surface area contributed by atoms with Crippen molar-refractivity contribution in [2.75, 3.05) is 17.7 Å². The van der Waals surface area contributed by atoms with Crippen LogP contribution in [-0.4, -0.2) is 17.1 Å². The second kappa shape index (κ2) is 11.9. The number of allylic oxidation sites excluding steroid dienone is 2. The average Bonchev–Trinajstić information content (AvgIpc) is 2.87. The van der Waals surface area contributed by atoms with Gasteiger partial charge < -0.3 is 15.4 Å². The molecule has 3 rings (SSSR count). The number of nitriles is 2. The summed E-state index contributed by atoms with van der Waals surface area (Å²) in [5.74, 6) is 0.860. The molecule has 0 radical (unpaired) electrons. The van der Waals surface area contributed by atoms with Gasteiger partial charge in [0.05, 0.1) is 36.6 Å². The van der Waals surface area contributed by atoms with Crippen molar-refractivity contribution in [1.29, 1.82) is 10.5 Å². The molecule has 0 aliphatic rings. The molecule has 0 spiro atoms. The highest BCUT2D eigenvalue weighted by atomic mass is 16.5. The second-order valence-electron chi connectivity index (χ2n) is 8.02. The summed E-state index contributed by atoms with van der Waals surface area (Å²) in [7, 11) is 1.58. The van der Waals surface area contributed by atoms with E-state index in [9.17, 15) is 0 Å². The molecule has 1 aromatic heterocycles. The molecule has 178 valence electrons. The van der Waals surface area contributed by atoms with Crippen molar-refractivity contribution in [1.82, 2.24) is 9.97 Å². The Morgan fingerprint density at radius 2 is 1.81 bits per heavy atom. The molecule has 0 saturated carbocycles. The zero-order valence-corrected chi connectivity index (χ0v) is 20.5. The van der Waals surface area contributed by atoms with Crippen LogP contribution in [0.25, 0.3) is 17.0 Å². The largest absolute Gasteiger partial charge is 0.378 e. The zero-order valence-electron chi connectivity index (χ0n) is 20.5. The molecule has 36 heavy (non-hydrogen) atoms. The Labute approximate surface area is 211 Å². The molecule has 0 amide bonds. The predicted octanol–water partition coefficient (Wildman–Crippen LogP) is 6.42. The molecule has 8 heteroatoms. The van der Waals surface area contributed by atoms with Gasteiger partial charge in [-0.3, -0.25) is 0 Å². The number of aryl methyl sites for hydroxylation is 2. The van der Waals surface area contributed by atoms with Crippen molar-refractivity contribution >= 4 is 35.3 Å². The van der Waals surface area contributed by atoms with Gasteiger partial charge in [0.2, 0.25) is 5.95 Å². The number of ether oxygens (including phenoxy) is 1. The maximum absolute atomic E-state index is 9.06. The van der Waals surface area contributed by atoms with Gasteiger partial charge in [0.1, 0.15) is 5.82 Å². The first-order valence-electron chi connectivity index (χ1n) is 11.1. The van der Waals surface area contributed by atoms with E-state index in [-0.39, 0.29) is 6.61 Å². The van der Waals surface area contributed by atoms with Gasteiger partial charge in [-0.25, -0.2) is 9.83 Å². The summed E-state index contributed by atoms with van der Waals surface area (Å²) < 4.78 is 5.40. The molecular weight excluding hydrogens is 450 g/mol. The van der Waals surface area contributed by atoms with E-state index in [1.165, 1.54) is 6.08 Å². The predicted molar refractivity (Wildman–Crippen MR) is 141 cm³/mol. The monoisotopic (exact) mass is 475 g/mol. The van der Waals surface area contributed by atoms with Crippen LogP contribution < -0.4 is 10.6 Å². The molecule has 0 fully saturated rings. The van der Waals surface area contributed by atoms with Crippen LogP contribution >= 0.6 is 0 Å². The average molecular weight is 476 g/mol. The van der Waals surface area contributed by atoms with E-state index in [1.54, 1.807) is 50.5 Å². The summed E-state index contributed by atoms with van der Waals surface area (Å²) in [4.78, 5) is 12.9. The molecule has 1 heterocycles. The molecule has 0 saturated heterocycles. The summed E-state index contributed by atoms with van der Waals surface area (Å²) in [5.41, 5.74) is 6.76. The lowest BCUT2D eigenvalue weighted by atomic mass is 10.0. The first-order chi connectivity index (χ1) is 17.4. The Balaban J connectivity index is 2.13. The molecule has 0 bridgehead atoms. The normalized spacial score (nSPS) is 11.0. The number of rotatable bonds is 8. The lowest BCUT2D eigenvalue weighted by molar-refractivity contribution is 0.181. The lowest BCUT2D eigenvalue weighted by Crippen LogP contribution is -2.09. The summed E-state index contributed by atoms with van der Waals surface area (Å²) in [6.45, 7) is 13.3. The van der Waals surface area contributed by atoms with E-state index in [0.717, 1.165) is 28.1 Å². The van der Waals surface area contributed by atoms with Gasteiger partial charge in [-0.2, -0.15) is 15.5 Å². The number of methoxy groups -OCH3 is 1. The lowest BCUT2D eigenvalue weighted by Gasteiger charge is -2.18. The van der Waals surface area contributed by atoms with Crippen molar-refractivity contribution in [2.45, 2.75) is 27.4 Å². The first-order valence-corrected chi connectivity index (χ1v) is 11.1. The minimum atomic E-state index is 0.215. The molecule has 3 aromatic rings. The van der Waals surface area contributed by atoms with E-state index >= 15 is 0 Å². The van der Waals surface area contributed by atoms with Crippen molar-refractivity contribution in [3.63, 3.8) is 0 Å². The van der Waals surface area contributed by atoms with Gasteiger partial charge in [-0.15, -0.1) is 0 Å². The molecule has 8 nitrogen and oxygen atoms in total. The fraction of sp³-hybridized carbons (Fsp3) is 0.179. The highest BCUT2D eigenvalue weighted by Crippen LogP contribution is 2.31. The Morgan fingerprint density at radius 3 is 2.39 bits per heavy atom. The van der Waals surface area contributed by atoms with Crippen molar-refractivity contribution < 1.29 is 4.74 Å². The number of anilines is 4. The molecule has 0 aliphatic carbocycles. The third kappa shape index (κ3) is 6.33. The highest BCUT2D eigenvalue weighted by Gasteiger charge is 2.16. The molecule has 2 N–H and O–H groups in total. The van der Waals surface area contributed by atoms with Crippen LogP contribution in [-0.2, 0) is 11.3 Å². The van der Waals surface area contributed by atoms with Crippen molar-refractivity contribution in [2.24, 2.45) is 0 Å². The van der Waals surface area contributed by atoms with Gasteiger partial charge >= 0.3 is 0 Å². The van der Waals surface area contributed by atoms with E-state index < -0.39 is 0 Å². The Hall–Kier alpha value is -4.97. The van der Waals surface area contributed by atoms with E-state index in [4.69, 9.17) is 26.8 Å². The SMILES string of the molecule is [C-]#[N+]/C(C)=C/c1c(COC)nc(Nc2ccc(C#N)cc2)nc1Nc1c(C)cc(/C=C/C#N)cc1C. The number of hydrogen-bond acceptors (Lipinski definition) is 7. The van der Waals surface area contributed by atoms with Crippen LogP contribution in [0.5, 0.6) is 0 Å².